The van der Waals surface area contributed by atoms with Crippen molar-refractivity contribution in [3.63, 3.8) is 0 Å². The number of alkyl carbamates (subject to hydrolysis) is 2. The Bertz CT molecular complexity index is 476. The monoisotopic (exact) mass is 380 g/mol. The molecule has 1 rings (SSSR count). The van der Waals surface area contributed by atoms with Gasteiger partial charge in [-0.15, -0.1) is 0 Å². The lowest BCUT2D eigenvalue weighted by Gasteiger charge is -2.46. The predicted octanol–water partition coefficient (Wildman–Crippen LogP) is 2.67. The highest BCUT2D eigenvalue weighted by Crippen LogP contribution is 2.45. The summed E-state index contributed by atoms with van der Waals surface area (Å²) in [5, 5.41) is 14.0. The lowest BCUT2D eigenvalue weighted by atomic mass is 9.62. The summed E-state index contributed by atoms with van der Waals surface area (Å²) in [6.45, 7) is 5.64. The van der Waals surface area contributed by atoms with Gasteiger partial charge in [0.05, 0.1) is 6.61 Å². The molecular weight excluding hydrogens is 350 g/mol. The zero-order valence-corrected chi connectivity index (χ0v) is 15.6. The SMILES string of the molecule is CC1(C)CC(NC(=O)OCC(F)F)CC(C)(CNC(=O)OCCCO)C1. The number of ether oxygens (including phenoxy) is 2. The van der Waals surface area contributed by atoms with Gasteiger partial charge in [-0.3, -0.25) is 0 Å². The summed E-state index contributed by atoms with van der Waals surface area (Å²) in [7, 11) is 0. The van der Waals surface area contributed by atoms with Gasteiger partial charge >= 0.3 is 12.2 Å². The highest BCUT2D eigenvalue weighted by molar-refractivity contribution is 5.68. The van der Waals surface area contributed by atoms with Gasteiger partial charge in [0.2, 0.25) is 0 Å². The van der Waals surface area contributed by atoms with Gasteiger partial charge in [-0.25, -0.2) is 18.4 Å². The van der Waals surface area contributed by atoms with E-state index < -0.39 is 25.2 Å². The molecule has 0 aliphatic heterocycles. The van der Waals surface area contributed by atoms with E-state index in [-0.39, 0.29) is 30.1 Å². The van der Waals surface area contributed by atoms with Crippen LogP contribution in [0.5, 0.6) is 0 Å². The lowest BCUT2D eigenvalue weighted by molar-refractivity contribution is 0.0367. The van der Waals surface area contributed by atoms with Gasteiger partial charge in [0.25, 0.3) is 6.43 Å². The smallest absolute Gasteiger partial charge is 0.407 e. The van der Waals surface area contributed by atoms with Gasteiger partial charge in [-0.2, -0.15) is 0 Å². The molecule has 0 aromatic heterocycles. The molecule has 9 heteroatoms. The third kappa shape index (κ3) is 8.64. The van der Waals surface area contributed by atoms with Crippen molar-refractivity contribution in [2.75, 3.05) is 26.4 Å². The molecule has 7 nitrogen and oxygen atoms in total. The standard InChI is InChI=1S/C17H30F2N2O5/c1-16(2)7-12(21-15(24)26-9-13(18)19)8-17(3,10-16)11-20-14(23)25-6-4-5-22/h12-13,22H,4-11H2,1-3H3,(H,20,23)(H,21,24). The maximum absolute atomic E-state index is 12.1. The number of halogens is 2. The van der Waals surface area contributed by atoms with Crippen molar-refractivity contribution < 1.29 is 33.0 Å². The summed E-state index contributed by atoms with van der Waals surface area (Å²) in [5.74, 6) is 0. The third-order valence-corrected chi connectivity index (χ3v) is 4.30. The zero-order chi connectivity index (χ0) is 19.8. The minimum atomic E-state index is -2.70. The molecule has 0 bridgehead atoms. The van der Waals surface area contributed by atoms with Crippen LogP contribution < -0.4 is 10.6 Å². The van der Waals surface area contributed by atoms with Crippen LogP contribution in [0.15, 0.2) is 0 Å². The fourth-order valence-corrected chi connectivity index (χ4v) is 3.78. The minimum Gasteiger partial charge on any atom is -0.449 e. The zero-order valence-electron chi connectivity index (χ0n) is 15.6. The van der Waals surface area contributed by atoms with Gasteiger partial charge in [0.15, 0.2) is 6.61 Å². The molecule has 1 aliphatic carbocycles. The Labute approximate surface area is 152 Å². The number of hydrogen-bond donors (Lipinski definition) is 3. The molecule has 2 amide bonds. The molecule has 2 atom stereocenters. The second-order valence-corrected chi connectivity index (χ2v) is 7.96. The second kappa shape index (κ2) is 9.89. The van der Waals surface area contributed by atoms with Gasteiger partial charge in [-0.05, 0) is 30.1 Å². The number of rotatable bonds is 8. The molecule has 0 radical (unpaired) electrons. The van der Waals surface area contributed by atoms with E-state index in [1.807, 2.05) is 6.92 Å². The number of amides is 2. The van der Waals surface area contributed by atoms with Gasteiger partial charge in [0.1, 0.15) is 0 Å². The molecule has 26 heavy (non-hydrogen) atoms. The van der Waals surface area contributed by atoms with E-state index >= 15 is 0 Å². The van der Waals surface area contributed by atoms with Crippen molar-refractivity contribution in [3.8, 4) is 0 Å². The molecule has 3 N–H and O–H groups in total. The first-order valence-electron chi connectivity index (χ1n) is 8.78. The first-order chi connectivity index (χ1) is 12.1. The van der Waals surface area contributed by atoms with E-state index in [2.05, 4.69) is 29.2 Å². The predicted molar refractivity (Wildman–Crippen MR) is 91.1 cm³/mol. The Hall–Kier alpha value is -1.64. The molecule has 0 spiro atoms. The third-order valence-electron chi connectivity index (χ3n) is 4.30. The van der Waals surface area contributed by atoms with E-state index in [0.29, 0.717) is 25.8 Å². The van der Waals surface area contributed by atoms with Gasteiger partial charge in [0, 0.05) is 25.6 Å². The van der Waals surface area contributed by atoms with Crippen molar-refractivity contribution in [1.29, 1.82) is 0 Å². The molecular formula is C17H30F2N2O5. The number of aliphatic hydroxyl groups is 1. The van der Waals surface area contributed by atoms with Crippen molar-refractivity contribution in [2.24, 2.45) is 10.8 Å². The maximum Gasteiger partial charge on any atom is 0.407 e. The van der Waals surface area contributed by atoms with Crippen molar-refractivity contribution in [1.82, 2.24) is 10.6 Å². The molecule has 1 saturated carbocycles. The number of aliphatic hydroxyl groups excluding tert-OH is 1. The molecule has 2 unspecified atom stereocenters. The summed E-state index contributed by atoms with van der Waals surface area (Å²) >= 11 is 0. The highest BCUT2D eigenvalue weighted by atomic mass is 19.3. The van der Waals surface area contributed by atoms with Crippen LogP contribution in [0.1, 0.15) is 46.5 Å². The average molecular weight is 380 g/mol. The summed E-state index contributed by atoms with van der Waals surface area (Å²) in [6, 6.07) is -0.235. The minimum absolute atomic E-state index is 0.0474. The second-order valence-electron chi connectivity index (χ2n) is 7.96. The Morgan fingerprint density at radius 1 is 1.19 bits per heavy atom. The fraction of sp³-hybridized carbons (Fsp3) is 0.882. The van der Waals surface area contributed by atoms with Crippen molar-refractivity contribution in [3.05, 3.63) is 0 Å². The van der Waals surface area contributed by atoms with E-state index in [9.17, 15) is 18.4 Å². The van der Waals surface area contributed by atoms with Crippen LogP contribution >= 0.6 is 0 Å². The molecule has 1 aliphatic rings. The van der Waals surface area contributed by atoms with Crippen LogP contribution in [0.2, 0.25) is 0 Å². The fourth-order valence-electron chi connectivity index (χ4n) is 3.78. The van der Waals surface area contributed by atoms with E-state index in [0.717, 1.165) is 6.42 Å². The summed E-state index contributed by atoms with van der Waals surface area (Å²) in [4.78, 5) is 23.4. The first kappa shape index (κ1) is 22.4. The molecule has 0 aromatic rings. The Balaban J connectivity index is 2.56. The van der Waals surface area contributed by atoms with Crippen LogP contribution in [0.25, 0.3) is 0 Å². The normalized spacial score (nSPS) is 24.8. The Morgan fingerprint density at radius 3 is 2.50 bits per heavy atom. The van der Waals surface area contributed by atoms with Crippen LogP contribution in [-0.2, 0) is 9.47 Å². The number of carbonyl (C=O) groups is 2. The molecule has 0 heterocycles. The van der Waals surface area contributed by atoms with Crippen LogP contribution in [0.3, 0.4) is 0 Å². The summed E-state index contributed by atoms with van der Waals surface area (Å²) in [6.07, 6.45) is -1.64. The van der Waals surface area contributed by atoms with Crippen LogP contribution in [0, 0.1) is 10.8 Å². The van der Waals surface area contributed by atoms with Crippen molar-refractivity contribution >= 4 is 12.2 Å². The highest BCUT2D eigenvalue weighted by Gasteiger charge is 2.42. The number of nitrogens with one attached hydrogen (secondary N) is 2. The molecule has 152 valence electrons. The van der Waals surface area contributed by atoms with Crippen LogP contribution in [0.4, 0.5) is 18.4 Å². The van der Waals surface area contributed by atoms with Gasteiger partial charge < -0.3 is 25.2 Å². The van der Waals surface area contributed by atoms with Crippen LogP contribution in [-0.4, -0.2) is 56.1 Å². The average Bonchev–Trinajstić information content (AvgIpc) is 2.49. The maximum atomic E-state index is 12.1. The van der Waals surface area contributed by atoms with E-state index in [1.165, 1.54) is 0 Å². The van der Waals surface area contributed by atoms with Gasteiger partial charge in [-0.1, -0.05) is 20.8 Å². The first-order valence-corrected chi connectivity index (χ1v) is 8.78. The quantitative estimate of drug-likeness (QED) is 0.563. The largest absolute Gasteiger partial charge is 0.449 e. The number of hydrogen-bond acceptors (Lipinski definition) is 5. The lowest BCUT2D eigenvalue weighted by Crippen LogP contribution is -2.50. The molecule has 0 saturated heterocycles. The molecule has 1 fully saturated rings. The molecule has 0 aromatic carbocycles. The Morgan fingerprint density at radius 2 is 1.88 bits per heavy atom. The Kier molecular flexibility index (Phi) is 8.52. The number of alkyl halides is 2. The summed E-state index contributed by atoms with van der Waals surface area (Å²) in [5.41, 5.74) is -0.394. The van der Waals surface area contributed by atoms with Crippen molar-refractivity contribution in [2.45, 2.75) is 58.9 Å². The van der Waals surface area contributed by atoms with E-state index in [4.69, 9.17) is 9.84 Å². The number of carbonyl (C=O) groups excluding carboxylic acids is 2. The van der Waals surface area contributed by atoms with E-state index in [1.54, 1.807) is 0 Å². The summed E-state index contributed by atoms with van der Waals surface area (Å²) < 4.78 is 33.7. The topological polar surface area (TPSA) is 96.9 Å².